The van der Waals surface area contributed by atoms with Crippen LogP contribution in [0.5, 0.6) is 0 Å². The fraction of sp³-hybridized carbons (Fsp3) is 0.556. The lowest BCUT2D eigenvalue weighted by Gasteiger charge is -2.05. The molecule has 0 amide bonds. The zero-order valence-corrected chi connectivity index (χ0v) is 9.44. The van der Waals surface area contributed by atoms with Crippen LogP contribution in [0.3, 0.4) is 0 Å². The number of hydrogen-bond donors (Lipinski definition) is 0. The first-order valence-electron chi connectivity index (χ1n) is 4.39. The summed E-state index contributed by atoms with van der Waals surface area (Å²) in [5.41, 5.74) is 0. The first-order valence-corrected chi connectivity index (χ1v) is 6.11. The summed E-state index contributed by atoms with van der Waals surface area (Å²) in [5.74, 6) is -0.354. The number of nitrogens with zero attached hydrogens (tertiary/aromatic N) is 2. The molecule has 0 saturated carbocycles. The molecule has 0 aromatic rings. The van der Waals surface area contributed by atoms with Crippen LogP contribution in [-0.4, -0.2) is 39.2 Å². The lowest BCUT2D eigenvalue weighted by Crippen LogP contribution is -2.24. The molecule has 0 aromatic carbocycles. The van der Waals surface area contributed by atoms with Gasteiger partial charge >= 0.3 is 0 Å². The lowest BCUT2D eigenvalue weighted by molar-refractivity contribution is 0.0945. The van der Waals surface area contributed by atoms with Crippen molar-refractivity contribution in [2.75, 3.05) is 25.6 Å². The minimum absolute atomic E-state index is 0.0668. The zero-order chi connectivity index (χ0) is 12.4. The van der Waals surface area contributed by atoms with Crippen LogP contribution in [0.15, 0.2) is 12.8 Å². The maximum Gasteiger partial charge on any atom is 0.233 e. The highest BCUT2D eigenvalue weighted by molar-refractivity contribution is 7.92. The Morgan fingerprint density at radius 1 is 1.25 bits per heavy atom. The predicted molar refractivity (Wildman–Crippen MR) is 55.8 cm³/mol. The van der Waals surface area contributed by atoms with E-state index in [1.807, 2.05) is 0 Å². The number of sulfone groups is 1. The van der Waals surface area contributed by atoms with Gasteiger partial charge in [-0.3, -0.25) is 0 Å². The monoisotopic (exact) mass is 244 g/mol. The summed E-state index contributed by atoms with van der Waals surface area (Å²) in [6.07, 6.45) is 1.25. The molecule has 0 spiro atoms. The molecule has 7 heteroatoms. The molecule has 0 aliphatic rings. The fourth-order valence-electron chi connectivity index (χ4n) is 0.775. The van der Waals surface area contributed by atoms with E-state index in [0.29, 0.717) is 0 Å². The molecule has 0 unspecified atom stereocenters. The Labute approximate surface area is 94.6 Å². The van der Waals surface area contributed by atoms with Crippen LogP contribution in [-0.2, 0) is 19.3 Å². The summed E-state index contributed by atoms with van der Waals surface area (Å²) in [4.78, 5) is 0. The smallest absolute Gasteiger partial charge is 0.233 e. The van der Waals surface area contributed by atoms with Gasteiger partial charge in [0.15, 0.2) is 9.84 Å². The molecule has 0 aliphatic heterocycles. The first kappa shape index (κ1) is 14.4. The van der Waals surface area contributed by atoms with Gasteiger partial charge in [-0.15, -0.1) is 0 Å². The van der Waals surface area contributed by atoms with E-state index >= 15 is 0 Å². The van der Waals surface area contributed by atoms with E-state index in [-0.39, 0.29) is 25.6 Å². The Morgan fingerprint density at radius 2 is 1.88 bits per heavy atom. The molecular weight excluding hydrogens is 232 g/mol. The highest BCUT2D eigenvalue weighted by Crippen LogP contribution is 2.00. The lowest BCUT2D eigenvalue weighted by atomic mass is 10.5. The molecule has 0 bridgehead atoms. The largest absolute Gasteiger partial charge is 0.499 e. The fourth-order valence-corrected chi connectivity index (χ4v) is 1.68. The maximum atomic E-state index is 11.3. The second kappa shape index (κ2) is 7.69. The quantitative estimate of drug-likeness (QED) is 0.440. The van der Waals surface area contributed by atoms with Crippen molar-refractivity contribution in [2.45, 2.75) is 5.25 Å². The minimum Gasteiger partial charge on any atom is -0.499 e. The molecule has 0 aliphatic carbocycles. The number of nitriles is 2. The molecule has 0 saturated heterocycles. The third-order valence-corrected chi connectivity index (χ3v) is 3.23. The zero-order valence-electron chi connectivity index (χ0n) is 8.63. The molecule has 0 radical (unpaired) electrons. The van der Waals surface area contributed by atoms with E-state index in [1.54, 1.807) is 0 Å². The van der Waals surface area contributed by atoms with Crippen molar-refractivity contribution in [3.63, 3.8) is 0 Å². The molecule has 88 valence electrons. The van der Waals surface area contributed by atoms with Crippen LogP contribution in [0.2, 0.25) is 0 Å². The third-order valence-electron chi connectivity index (χ3n) is 1.57. The summed E-state index contributed by atoms with van der Waals surface area (Å²) >= 11 is 0. The summed E-state index contributed by atoms with van der Waals surface area (Å²) < 4.78 is 32.3. The Hall–Kier alpha value is -1.57. The molecule has 0 fully saturated rings. The van der Waals surface area contributed by atoms with Crippen LogP contribution < -0.4 is 0 Å². The summed E-state index contributed by atoms with van der Waals surface area (Å²) in [7, 11) is -3.72. The van der Waals surface area contributed by atoms with Crippen molar-refractivity contribution in [1.29, 1.82) is 10.5 Å². The van der Waals surface area contributed by atoms with Crippen LogP contribution in [0, 0.1) is 22.7 Å². The minimum atomic E-state index is -3.72. The molecule has 0 rings (SSSR count). The average Bonchev–Trinajstić information content (AvgIpc) is 2.24. The molecule has 6 nitrogen and oxygen atoms in total. The molecule has 0 atom stereocenters. The highest BCUT2D eigenvalue weighted by Gasteiger charge is 2.24. The van der Waals surface area contributed by atoms with Gasteiger partial charge in [-0.1, -0.05) is 6.58 Å². The van der Waals surface area contributed by atoms with E-state index in [4.69, 9.17) is 20.0 Å². The van der Waals surface area contributed by atoms with Gasteiger partial charge in [-0.05, 0) is 0 Å². The van der Waals surface area contributed by atoms with Crippen LogP contribution in [0.1, 0.15) is 0 Å². The van der Waals surface area contributed by atoms with Crippen LogP contribution in [0.4, 0.5) is 0 Å². The molecule has 16 heavy (non-hydrogen) atoms. The SMILES string of the molecule is C=COCCOCCS(=O)(=O)C(C#N)C#N. The van der Waals surface area contributed by atoms with Gasteiger partial charge in [-0.25, -0.2) is 8.42 Å². The van der Waals surface area contributed by atoms with Gasteiger partial charge in [0.05, 0.1) is 37.4 Å². The van der Waals surface area contributed by atoms with Gasteiger partial charge in [-0.2, -0.15) is 10.5 Å². The summed E-state index contributed by atoms with van der Waals surface area (Å²) in [5, 5.41) is 15.2. The molecule has 0 aromatic heterocycles. The highest BCUT2D eigenvalue weighted by atomic mass is 32.2. The van der Waals surface area contributed by atoms with Crippen molar-refractivity contribution < 1.29 is 17.9 Å². The Morgan fingerprint density at radius 3 is 2.38 bits per heavy atom. The van der Waals surface area contributed by atoms with Crippen molar-refractivity contribution in [1.82, 2.24) is 0 Å². The van der Waals surface area contributed by atoms with E-state index in [2.05, 4.69) is 6.58 Å². The Bertz CT molecular complexity index is 377. The van der Waals surface area contributed by atoms with Crippen LogP contribution in [0.25, 0.3) is 0 Å². The molecule has 0 N–H and O–H groups in total. The van der Waals surface area contributed by atoms with E-state index in [1.165, 1.54) is 18.4 Å². The molecule has 0 heterocycles. The number of ether oxygens (including phenoxy) is 2. The van der Waals surface area contributed by atoms with Gasteiger partial charge in [0.25, 0.3) is 0 Å². The molecular formula is C9H12N2O4S. The van der Waals surface area contributed by atoms with Crippen molar-refractivity contribution >= 4 is 9.84 Å². The average molecular weight is 244 g/mol. The first-order chi connectivity index (χ1) is 7.58. The number of rotatable bonds is 8. The topological polar surface area (TPSA) is 100 Å². The summed E-state index contributed by atoms with van der Waals surface area (Å²) in [6, 6.07) is 2.82. The predicted octanol–water partition coefficient (Wildman–Crippen LogP) is -0.00634. The van der Waals surface area contributed by atoms with Gasteiger partial charge in [0, 0.05) is 0 Å². The standard InChI is InChI=1S/C9H12N2O4S/c1-2-14-3-4-15-5-6-16(12,13)9(7-10)8-11/h2,9H,1,3-6H2. The normalized spacial score (nSPS) is 10.4. The number of hydrogen-bond acceptors (Lipinski definition) is 6. The van der Waals surface area contributed by atoms with E-state index in [0.717, 1.165) is 0 Å². The van der Waals surface area contributed by atoms with Crippen LogP contribution >= 0.6 is 0 Å². The maximum absolute atomic E-state index is 11.3. The second-order valence-corrected chi connectivity index (χ2v) is 4.86. The van der Waals surface area contributed by atoms with Gasteiger partial charge in [0.1, 0.15) is 6.61 Å². The Kier molecular flexibility index (Phi) is 6.93. The van der Waals surface area contributed by atoms with Crippen molar-refractivity contribution in [3.8, 4) is 12.1 Å². The van der Waals surface area contributed by atoms with Gasteiger partial charge in [0.2, 0.25) is 5.25 Å². The third kappa shape index (κ3) is 5.35. The summed E-state index contributed by atoms with van der Waals surface area (Å²) in [6.45, 7) is 3.76. The second-order valence-electron chi connectivity index (χ2n) is 2.66. The van der Waals surface area contributed by atoms with Gasteiger partial charge < -0.3 is 9.47 Å². The van der Waals surface area contributed by atoms with Crippen molar-refractivity contribution in [2.24, 2.45) is 0 Å². The Balaban J connectivity index is 3.90. The van der Waals surface area contributed by atoms with E-state index < -0.39 is 15.1 Å². The van der Waals surface area contributed by atoms with Crippen molar-refractivity contribution in [3.05, 3.63) is 12.8 Å². The van der Waals surface area contributed by atoms with E-state index in [9.17, 15) is 8.42 Å².